The third-order valence-corrected chi connectivity index (χ3v) is 4.17. The second-order valence-corrected chi connectivity index (χ2v) is 5.96. The van der Waals surface area contributed by atoms with Crippen LogP contribution in [0.4, 0.5) is 10.1 Å². The summed E-state index contributed by atoms with van der Waals surface area (Å²) in [4.78, 5) is 0. The molecule has 1 aliphatic carbocycles. The van der Waals surface area contributed by atoms with Gasteiger partial charge in [0.15, 0.2) is 0 Å². The van der Waals surface area contributed by atoms with Crippen LogP contribution in [0.1, 0.15) is 24.3 Å². The van der Waals surface area contributed by atoms with Crippen molar-refractivity contribution >= 4 is 21.6 Å². The van der Waals surface area contributed by atoms with Crippen LogP contribution in [0.2, 0.25) is 0 Å². The minimum atomic E-state index is -0.0756. The average Bonchev–Trinajstić information content (AvgIpc) is 2.35. The van der Waals surface area contributed by atoms with Gasteiger partial charge in [0.05, 0.1) is 0 Å². The van der Waals surface area contributed by atoms with E-state index in [1.807, 2.05) is 24.3 Å². The Morgan fingerprint density at radius 1 is 1.05 bits per heavy atom. The lowest BCUT2D eigenvalue weighted by Gasteiger charge is -2.37. The van der Waals surface area contributed by atoms with Gasteiger partial charge in [-0.1, -0.05) is 40.2 Å². The number of benzene rings is 2. The molecule has 1 nitrogen and oxygen atoms in total. The highest BCUT2D eigenvalue weighted by Crippen LogP contribution is 2.39. The normalized spacial score (nSPS) is 21.8. The van der Waals surface area contributed by atoms with Gasteiger partial charge in [-0.25, -0.2) is 4.39 Å². The summed E-state index contributed by atoms with van der Waals surface area (Å²) in [5.41, 5.74) is 1.97. The molecule has 3 rings (SSSR count). The lowest BCUT2D eigenvalue weighted by molar-refractivity contribution is 0.363. The van der Waals surface area contributed by atoms with Gasteiger partial charge in [0, 0.05) is 16.2 Å². The van der Waals surface area contributed by atoms with E-state index in [9.17, 15) is 4.39 Å². The van der Waals surface area contributed by atoms with Crippen LogP contribution in [0.15, 0.2) is 53.0 Å². The van der Waals surface area contributed by atoms with Crippen LogP contribution in [-0.4, -0.2) is 6.04 Å². The molecule has 0 atom stereocenters. The summed E-state index contributed by atoms with van der Waals surface area (Å²) in [6.45, 7) is 0. The monoisotopic (exact) mass is 319 g/mol. The van der Waals surface area contributed by atoms with Crippen molar-refractivity contribution in [3.8, 4) is 0 Å². The fourth-order valence-corrected chi connectivity index (χ4v) is 3.01. The van der Waals surface area contributed by atoms with Crippen molar-refractivity contribution in [3.63, 3.8) is 0 Å². The van der Waals surface area contributed by atoms with Gasteiger partial charge in [-0.3, -0.25) is 0 Å². The third-order valence-electron chi connectivity index (χ3n) is 3.68. The molecular weight excluding hydrogens is 305 g/mol. The molecule has 2 aromatic rings. The van der Waals surface area contributed by atoms with Crippen LogP contribution in [0.5, 0.6) is 0 Å². The Kier molecular flexibility index (Phi) is 3.56. The van der Waals surface area contributed by atoms with Crippen molar-refractivity contribution in [2.24, 2.45) is 0 Å². The van der Waals surface area contributed by atoms with E-state index in [2.05, 4.69) is 33.4 Å². The summed E-state index contributed by atoms with van der Waals surface area (Å²) >= 11 is 3.46. The van der Waals surface area contributed by atoms with Crippen LogP contribution in [0.25, 0.3) is 0 Å². The predicted octanol–water partition coefficient (Wildman–Crippen LogP) is 4.95. The minimum Gasteiger partial charge on any atom is -0.382 e. The quantitative estimate of drug-likeness (QED) is 0.844. The van der Waals surface area contributed by atoms with Gasteiger partial charge < -0.3 is 5.32 Å². The molecule has 1 saturated carbocycles. The van der Waals surface area contributed by atoms with Gasteiger partial charge >= 0.3 is 0 Å². The summed E-state index contributed by atoms with van der Waals surface area (Å²) in [6.07, 6.45) is 1.99. The number of halogens is 2. The standard InChI is InChI=1S/C16H15BrFN/c17-12-4-3-5-13(10-12)19-14-8-11(9-14)15-6-1-2-7-16(15)18/h1-7,10-11,14,19H,8-9H2. The second kappa shape index (κ2) is 5.33. The molecule has 2 aromatic carbocycles. The maximum Gasteiger partial charge on any atom is 0.126 e. The van der Waals surface area contributed by atoms with Crippen molar-refractivity contribution in [3.05, 3.63) is 64.4 Å². The molecule has 98 valence electrons. The molecular formula is C16H15BrFN. The van der Waals surface area contributed by atoms with E-state index >= 15 is 0 Å². The summed E-state index contributed by atoms with van der Waals surface area (Å²) < 4.78 is 14.7. The first kappa shape index (κ1) is 12.7. The first-order valence-electron chi connectivity index (χ1n) is 6.49. The molecule has 19 heavy (non-hydrogen) atoms. The first-order chi connectivity index (χ1) is 9.22. The van der Waals surface area contributed by atoms with Gasteiger partial charge in [0.1, 0.15) is 5.82 Å². The highest BCUT2D eigenvalue weighted by atomic mass is 79.9. The number of hydrogen-bond acceptors (Lipinski definition) is 1. The third kappa shape index (κ3) is 2.81. The SMILES string of the molecule is Fc1ccccc1C1CC(Nc2cccc(Br)c2)C1. The molecule has 1 N–H and O–H groups in total. The summed E-state index contributed by atoms with van der Waals surface area (Å²) in [5.74, 6) is 0.277. The zero-order valence-electron chi connectivity index (χ0n) is 10.4. The lowest BCUT2D eigenvalue weighted by atomic mass is 9.75. The number of anilines is 1. The van der Waals surface area contributed by atoms with E-state index in [0.717, 1.165) is 28.6 Å². The van der Waals surface area contributed by atoms with Crippen molar-refractivity contribution in [1.29, 1.82) is 0 Å². The van der Waals surface area contributed by atoms with E-state index in [1.54, 1.807) is 12.1 Å². The van der Waals surface area contributed by atoms with E-state index in [-0.39, 0.29) is 5.82 Å². The maximum absolute atomic E-state index is 13.6. The molecule has 0 aromatic heterocycles. The molecule has 0 amide bonds. The van der Waals surface area contributed by atoms with Crippen molar-refractivity contribution in [2.45, 2.75) is 24.8 Å². The Labute approximate surface area is 121 Å². The maximum atomic E-state index is 13.6. The molecule has 0 spiro atoms. The van der Waals surface area contributed by atoms with Crippen LogP contribution in [0, 0.1) is 5.82 Å². The van der Waals surface area contributed by atoms with E-state index in [4.69, 9.17) is 0 Å². The fraction of sp³-hybridized carbons (Fsp3) is 0.250. The summed E-state index contributed by atoms with van der Waals surface area (Å²) in [7, 11) is 0. The van der Waals surface area contributed by atoms with E-state index in [1.165, 1.54) is 0 Å². The van der Waals surface area contributed by atoms with Crippen molar-refractivity contribution in [1.82, 2.24) is 0 Å². The average molecular weight is 320 g/mol. The molecule has 0 aliphatic heterocycles. The van der Waals surface area contributed by atoms with Crippen LogP contribution in [0.3, 0.4) is 0 Å². The van der Waals surface area contributed by atoms with Crippen molar-refractivity contribution in [2.75, 3.05) is 5.32 Å². The molecule has 1 aliphatic rings. The Morgan fingerprint density at radius 3 is 2.58 bits per heavy atom. The Hall–Kier alpha value is -1.35. The number of hydrogen-bond donors (Lipinski definition) is 1. The Morgan fingerprint density at radius 2 is 1.84 bits per heavy atom. The molecule has 3 heteroatoms. The highest BCUT2D eigenvalue weighted by molar-refractivity contribution is 9.10. The lowest BCUT2D eigenvalue weighted by Crippen LogP contribution is -2.34. The highest BCUT2D eigenvalue weighted by Gasteiger charge is 2.31. The summed E-state index contributed by atoms with van der Waals surface area (Å²) in [6, 6.07) is 15.7. The van der Waals surface area contributed by atoms with Gasteiger partial charge in [-0.2, -0.15) is 0 Å². The molecule has 0 heterocycles. The summed E-state index contributed by atoms with van der Waals surface area (Å²) in [5, 5.41) is 3.49. The first-order valence-corrected chi connectivity index (χ1v) is 7.28. The Bertz CT molecular complexity index is 578. The van der Waals surface area contributed by atoms with Gasteiger partial charge in [-0.15, -0.1) is 0 Å². The van der Waals surface area contributed by atoms with E-state index < -0.39 is 0 Å². The second-order valence-electron chi connectivity index (χ2n) is 5.04. The van der Waals surface area contributed by atoms with Gasteiger partial charge in [0.25, 0.3) is 0 Å². The molecule has 0 unspecified atom stereocenters. The predicted molar refractivity (Wildman–Crippen MR) is 79.9 cm³/mol. The number of nitrogens with one attached hydrogen (secondary N) is 1. The smallest absolute Gasteiger partial charge is 0.126 e. The molecule has 0 bridgehead atoms. The van der Waals surface area contributed by atoms with Crippen LogP contribution in [-0.2, 0) is 0 Å². The van der Waals surface area contributed by atoms with Gasteiger partial charge in [-0.05, 0) is 48.6 Å². The minimum absolute atomic E-state index is 0.0756. The molecule has 0 radical (unpaired) electrons. The topological polar surface area (TPSA) is 12.0 Å². The number of rotatable bonds is 3. The largest absolute Gasteiger partial charge is 0.382 e. The Balaban J connectivity index is 1.60. The van der Waals surface area contributed by atoms with Crippen LogP contribution < -0.4 is 5.32 Å². The van der Waals surface area contributed by atoms with Gasteiger partial charge in [0.2, 0.25) is 0 Å². The van der Waals surface area contributed by atoms with Crippen molar-refractivity contribution < 1.29 is 4.39 Å². The fourth-order valence-electron chi connectivity index (χ4n) is 2.61. The van der Waals surface area contributed by atoms with E-state index in [0.29, 0.717) is 12.0 Å². The zero-order valence-corrected chi connectivity index (χ0v) is 12.0. The zero-order chi connectivity index (χ0) is 13.2. The van der Waals surface area contributed by atoms with Crippen LogP contribution >= 0.6 is 15.9 Å². The molecule has 0 saturated heterocycles. The molecule has 1 fully saturated rings.